The summed E-state index contributed by atoms with van der Waals surface area (Å²) in [7, 11) is 2.03. The van der Waals surface area contributed by atoms with Gasteiger partial charge in [-0.25, -0.2) is 0 Å². The highest BCUT2D eigenvalue weighted by molar-refractivity contribution is 6.38. The maximum atomic E-state index is 13.8. The number of aromatic nitrogens is 1. The zero-order valence-corrected chi connectivity index (χ0v) is 48.8. The number of hydrogen-bond donors (Lipinski definition) is 6. The highest BCUT2D eigenvalue weighted by Crippen LogP contribution is 2.45. The molecule has 13 rings (SSSR count). The first-order valence-corrected chi connectivity index (χ1v) is 30.4. The molecular formula is C72H75N9O4. The summed E-state index contributed by atoms with van der Waals surface area (Å²) in [5, 5.41) is 20.7. The fourth-order valence-corrected chi connectivity index (χ4v) is 12.4. The Labute approximate surface area is 498 Å². The van der Waals surface area contributed by atoms with Crippen molar-refractivity contribution in [3.63, 3.8) is 0 Å². The number of likely N-dealkylation sites (tertiary alicyclic amines) is 2. The van der Waals surface area contributed by atoms with Crippen molar-refractivity contribution in [2.45, 2.75) is 90.4 Å². The van der Waals surface area contributed by atoms with Crippen LogP contribution < -0.4 is 31.9 Å². The van der Waals surface area contributed by atoms with Crippen LogP contribution in [0, 0.1) is 5.92 Å². The van der Waals surface area contributed by atoms with E-state index in [1.807, 2.05) is 111 Å². The Kier molecular flexibility index (Phi) is 16.9. The van der Waals surface area contributed by atoms with Gasteiger partial charge in [0.2, 0.25) is 0 Å². The zero-order chi connectivity index (χ0) is 58.4. The Hall–Kier alpha value is -9.04. The molecule has 8 aromatic rings. The number of nitrogens with one attached hydrogen (secondary N) is 6. The molecule has 0 radical (unpaired) electrons. The molecule has 85 heavy (non-hydrogen) atoms. The molecule has 1 aliphatic carbocycles. The normalized spacial score (nSPS) is 17.6. The van der Waals surface area contributed by atoms with Crippen LogP contribution in [0.2, 0.25) is 0 Å². The molecular weight excluding hydrogens is 1050 g/mol. The third kappa shape index (κ3) is 13.0. The average Bonchev–Trinajstić information content (AvgIpc) is 3.32. The molecule has 0 unspecified atom stereocenters. The lowest BCUT2D eigenvalue weighted by molar-refractivity contribution is -0.111. The second kappa shape index (κ2) is 25.4. The number of hydrogen-bond acceptors (Lipinski definition) is 8. The summed E-state index contributed by atoms with van der Waals surface area (Å²) in [6.45, 7) is 10.5. The smallest absolute Gasteiger partial charge is 0.258 e. The van der Waals surface area contributed by atoms with Crippen LogP contribution >= 0.6 is 0 Å². The minimum atomic E-state index is -0.201. The Morgan fingerprint density at radius 3 is 1.79 bits per heavy atom. The van der Waals surface area contributed by atoms with E-state index in [4.69, 9.17) is 0 Å². The van der Waals surface area contributed by atoms with Gasteiger partial charge in [0.25, 0.3) is 23.6 Å². The van der Waals surface area contributed by atoms with E-state index in [2.05, 4.69) is 120 Å². The molecule has 7 aromatic carbocycles. The Bertz CT molecular complexity index is 3830. The van der Waals surface area contributed by atoms with Crippen LogP contribution in [0.3, 0.4) is 0 Å². The number of carbonyl (C=O) groups excluding carboxylic acids is 4. The first-order chi connectivity index (χ1) is 41.5. The number of benzene rings is 7. The topological polar surface area (TPSA) is 152 Å². The maximum Gasteiger partial charge on any atom is 0.258 e. The van der Waals surface area contributed by atoms with Gasteiger partial charge >= 0.3 is 0 Å². The summed E-state index contributed by atoms with van der Waals surface area (Å²) >= 11 is 0. The van der Waals surface area contributed by atoms with Crippen molar-refractivity contribution in [2.24, 2.45) is 13.0 Å². The zero-order valence-electron chi connectivity index (χ0n) is 48.8. The molecule has 5 heterocycles. The predicted octanol–water partition coefficient (Wildman–Crippen LogP) is 13.9. The second-order valence-electron chi connectivity index (χ2n) is 23.4. The number of aryl methyl sites for hydroxylation is 1. The maximum absolute atomic E-state index is 13.8. The van der Waals surface area contributed by atoms with E-state index in [9.17, 15) is 19.2 Å². The fraction of sp³-hybridized carbons (Fsp3) is 0.278. The second-order valence-corrected chi connectivity index (χ2v) is 23.4. The van der Waals surface area contributed by atoms with Gasteiger partial charge in [-0.2, -0.15) is 0 Å². The fourth-order valence-electron chi connectivity index (χ4n) is 12.4. The molecule has 5 aliphatic rings. The quantitative estimate of drug-likeness (QED) is 0.0493. The summed E-state index contributed by atoms with van der Waals surface area (Å²) in [6, 6.07) is 56.0. The molecule has 2 saturated heterocycles. The molecule has 432 valence electrons. The van der Waals surface area contributed by atoms with Crippen molar-refractivity contribution in [1.82, 2.24) is 25.0 Å². The first-order valence-electron chi connectivity index (χ1n) is 30.4. The van der Waals surface area contributed by atoms with Crippen LogP contribution in [0.1, 0.15) is 137 Å². The Morgan fingerprint density at radius 2 is 1.14 bits per heavy atom. The van der Waals surface area contributed by atoms with Gasteiger partial charge in [0.1, 0.15) is 0 Å². The molecule has 1 saturated carbocycles. The van der Waals surface area contributed by atoms with E-state index in [0.717, 1.165) is 101 Å². The first kappa shape index (κ1) is 56.4. The summed E-state index contributed by atoms with van der Waals surface area (Å²) < 4.78 is 2.09. The highest BCUT2D eigenvalue weighted by atomic mass is 16.2. The highest BCUT2D eigenvalue weighted by Gasteiger charge is 2.36. The van der Waals surface area contributed by atoms with Gasteiger partial charge < -0.3 is 36.5 Å². The molecule has 3 fully saturated rings. The van der Waals surface area contributed by atoms with Crippen molar-refractivity contribution in [3.05, 3.63) is 232 Å². The number of rotatable bonds is 17. The van der Waals surface area contributed by atoms with Crippen LogP contribution in [-0.2, 0) is 29.7 Å². The van der Waals surface area contributed by atoms with E-state index in [-0.39, 0.29) is 35.7 Å². The van der Waals surface area contributed by atoms with Crippen LogP contribution in [0.4, 0.5) is 22.7 Å². The van der Waals surface area contributed by atoms with Gasteiger partial charge in [0, 0.05) is 87.9 Å². The average molecular weight is 1130 g/mol. The van der Waals surface area contributed by atoms with Crippen LogP contribution in [-0.4, -0.2) is 64.2 Å². The standard InChI is InChI=1S/C40H41N5O2.C32H34N4O2/c1-3-34(28-12-6-4-7-13-28)42-39(46)31-15-17-35-33(25-31)37(40(47)43-35)38(30-16-18-36-29(24-30)19-22-44(36)2)41-32-14-10-11-27(23-32)26-45-20-8-5-9-21-45;1-21(23-7-3-2-4-8-23)33-31(37)25-13-16-28-27(19-25)29(32(38)35-28)30(24-11-12-24)34-26-14-9-22(10-15-26)20-36-17-5-6-18-36/h4,6-7,10-19,22-25,34,41H,3,5,8-9,20-21,26H2,1-2H3,(H,42,46)(H,43,47);2-4,7-10,13-16,19,21,24,34H,5-6,11-12,17-18,20H2,1H3,(H,33,37)(H,35,38)/t34-;21-/m11/s1. The van der Waals surface area contributed by atoms with Crippen molar-refractivity contribution >= 4 is 74.1 Å². The van der Waals surface area contributed by atoms with E-state index < -0.39 is 0 Å². The van der Waals surface area contributed by atoms with Crippen molar-refractivity contribution < 1.29 is 19.2 Å². The minimum absolute atomic E-state index is 0.112. The SMILES string of the molecule is CC[C@@H](NC(=O)c1ccc2c(c1)C(=C(Nc1cccc(CN3CCCCC3)c1)c1ccc3c(ccn3C)c1)C(=O)N2)c1ccccc1.C[C@@H](NC(=O)c1ccc2c(c1)C(=C(Nc1ccc(CN3CCCC3)cc1)C1CC1)C(=O)N2)c1ccccc1. The third-order valence-corrected chi connectivity index (χ3v) is 17.2. The molecule has 6 N–H and O–H groups in total. The van der Waals surface area contributed by atoms with E-state index in [0.29, 0.717) is 45.1 Å². The van der Waals surface area contributed by atoms with Crippen molar-refractivity contribution in [3.8, 4) is 0 Å². The van der Waals surface area contributed by atoms with Gasteiger partial charge in [0.15, 0.2) is 0 Å². The number of carbonyl (C=O) groups is 4. The molecule has 4 amide bonds. The molecule has 0 bridgehead atoms. The lowest BCUT2D eigenvalue weighted by Gasteiger charge is -2.26. The van der Waals surface area contributed by atoms with E-state index in [1.54, 1.807) is 12.1 Å². The van der Waals surface area contributed by atoms with E-state index >= 15 is 0 Å². The van der Waals surface area contributed by atoms with E-state index in [1.165, 1.54) is 56.3 Å². The predicted molar refractivity (Wildman–Crippen MR) is 343 cm³/mol. The van der Waals surface area contributed by atoms with Gasteiger partial charge in [-0.15, -0.1) is 0 Å². The molecule has 4 aliphatic heterocycles. The summed E-state index contributed by atoms with van der Waals surface area (Å²) in [5.41, 5.74) is 15.4. The number of nitrogens with zero attached hydrogens (tertiary/aromatic N) is 3. The molecule has 0 spiro atoms. The van der Waals surface area contributed by atoms with Gasteiger partial charge in [0.05, 0.1) is 28.9 Å². The molecule has 2 atom stereocenters. The number of fused-ring (bicyclic) bond motifs is 3. The molecule has 1 aromatic heterocycles. The molecule has 13 nitrogen and oxygen atoms in total. The third-order valence-electron chi connectivity index (χ3n) is 17.2. The van der Waals surface area contributed by atoms with Gasteiger partial charge in [-0.05, 0) is 191 Å². The summed E-state index contributed by atoms with van der Waals surface area (Å²) in [5.74, 6) is -0.324. The number of amides is 4. The molecule has 13 heteroatoms. The van der Waals surface area contributed by atoms with Crippen LogP contribution in [0.15, 0.2) is 182 Å². The van der Waals surface area contributed by atoms with Gasteiger partial charge in [-0.1, -0.05) is 104 Å². The van der Waals surface area contributed by atoms with Crippen LogP contribution in [0.5, 0.6) is 0 Å². The number of allylic oxidation sites excluding steroid dienone is 1. The van der Waals surface area contributed by atoms with Crippen molar-refractivity contribution in [1.29, 1.82) is 0 Å². The number of anilines is 4. The lowest BCUT2D eigenvalue weighted by atomic mass is 9.97. The van der Waals surface area contributed by atoms with Crippen molar-refractivity contribution in [2.75, 3.05) is 47.4 Å². The largest absolute Gasteiger partial charge is 0.358 e. The summed E-state index contributed by atoms with van der Waals surface area (Å²) in [6.07, 6.45) is 11.3. The Morgan fingerprint density at radius 1 is 0.553 bits per heavy atom. The van der Waals surface area contributed by atoms with Crippen LogP contribution in [0.25, 0.3) is 27.7 Å². The monoisotopic (exact) mass is 1130 g/mol. The Balaban J connectivity index is 0.000000171. The lowest BCUT2D eigenvalue weighted by Crippen LogP contribution is -2.29. The van der Waals surface area contributed by atoms with Gasteiger partial charge in [-0.3, -0.25) is 29.0 Å². The number of piperidine rings is 1. The summed E-state index contributed by atoms with van der Waals surface area (Å²) in [4.78, 5) is 58.7. The minimum Gasteiger partial charge on any atom is -0.358 e.